The van der Waals surface area contributed by atoms with E-state index in [1.165, 1.54) is 11.0 Å². The van der Waals surface area contributed by atoms with Crippen LogP contribution in [-0.2, 0) is 4.79 Å². The van der Waals surface area contributed by atoms with Gasteiger partial charge in [0.1, 0.15) is 5.82 Å². The number of para-hydroxylation sites is 1. The normalized spacial score (nSPS) is 21.2. The van der Waals surface area contributed by atoms with Crippen LogP contribution < -0.4 is 15.5 Å². The molecule has 2 heterocycles. The average Bonchev–Trinajstić information content (AvgIpc) is 3.20. The Balaban J connectivity index is 1.72. The van der Waals surface area contributed by atoms with E-state index in [0.29, 0.717) is 17.0 Å². The van der Waals surface area contributed by atoms with Crippen LogP contribution in [0.2, 0.25) is 0 Å². The third-order valence-electron chi connectivity index (χ3n) is 5.00. The first-order valence-corrected chi connectivity index (χ1v) is 10.5. The Kier molecular flexibility index (Phi) is 5.53. The van der Waals surface area contributed by atoms with Crippen molar-refractivity contribution in [3.05, 3.63) is 65.5 Å². The molecule has 2 unspecified atom stereocenters. The van der Waals surface area contributed by atoms with Crippen molar-refractivity contribution in [3.8, 4) is 0 Å². The van der Waals surface area contributed by atoms with Crippen LogP contribution in [-0.4, -0.2) is 48.4 Å². The van der Waals surface area contributed by atoms with Gasteiger partial charge in [-0.2, -0.15) is 11.8 Å². The van der Waals surface area contributed by atoms with Gasteiger partial charge in [0, 0.05) is 30.0 Å². The summed E-state index contributed by atoms with van der Waals surface area (Å²) in [5, 5.41) is 5.54. The number of anilines is 1. The van der Waals surface area contributed by atoms with Crippen molar-refractivity contribution >= 4 is 35.1 Å². The Bertz CT molecular complexity index is 975. The number of likely N-dealkylation sites (N-methyl/N-ethyl adjacent to an activating group) is 1. The molecule has 0 aromatic heterocycles. The lowest BCUT2D eigenvalue weighted by Gasteiger charge is -2.21. The number of nitrogens with one attached hydrogen (secondary N) is 2. The van der Waals surface area contributed by atoms with Gasteiger partial charge in [-0.25, -0.2) is 14.2 Å². The fourth-order valence-corrected chi connectivity index (χ4v) is 4.64. The third-order valence-corrected chi connectivity index (χ3v) is 6.17. The second kappa shape index (κ2) is 8.24. The molecular formula is C21H21FN4O2S. The topological polar surface area (TPSA) is 73.8 Å². The van der Waals surface area contributed by atoms with E-state index in [1.807, 2.05) is 6.07 Å². The third kappa shape index (κ3) is 3.98. The second-order valence-electron chi connectivity index (χ2n) is 6.95. The van der Waals surface area contributed by atoms with Gasteiger partial charge in [-0.1, -0.05) is 30.3 Å². The van der Waals surface area contributed by atoms with Gasteiger partial charge in [-0.15, -0.1) is 0 Å². The van der Waals surface area contributed by atoms with Crippen molar-refractivity contribution in [2.75, 3.05) is 23.5 Å². The largest absolute Gasteiger partial charge is 0.335 e. The van der Waals surface area contributed by atoms with E-state index in [1.54, 1.807) is 55.2 Å². The highest BCUT2D eigenvalue weighted by molar-refractivity contribution is 7.99. The van der Waals surface area contributed by atoms with Crippen molar-refractivity contribution in [1.29, 1.82) is 0 Å². The summed E-state index contributed by atoms with van der Waals surface area (Å²) in [6.45, 7) is 0. The van der Waals surface area contributed by atoms with Crippen LogP contribution in [0, 0.1) is 5.82 Å². The molecule has 0 saturated carbocycles. The predicted molar refractivity (Wildman–Crippen MR) is 113 cm³/mol. The Hall–Kier alpha value is -2.87. The Morgan fingerprint density at radius 1 is 1.14 bits per heavy atom. The summed E-state index contributed by atoms with van der Waals surface area (Å²) < 4.78 is 14.6. The molecule has 2 aliphatic heterocycles. The highest BCUT2D eigenvalue weighted by Crippen LogP contribution is 2.28. The molecule has 0 aliphatic carbocycles. The zero-order valence-corrected chi connectivity index (χ0v) is 16.7. The van der Waals surface area contributed by atoms with E-state index < -0.39 is 18.0 Å². The summed E-state index contributed by atoms with van der Waals surface area (Å²) in [5.41, 5.74) is 1.85. The van der Waals surface area contributed by atoms with Gasteiger partial charge in [0.15, 0.2) is 0 Å². The number of hydrogen-bond acceptors (Lipinski definition) is 4. The second-order valence-corrected chi connectivity index (χ2v) is 8.10. The molecule has 6 nitrogen and oxygen atoms in total. The van der Waals surface area contributed by atoms with E-state index in [9.17, 15) is 14.0 Å². The van der Waals surface area contributed by atoms with Gasteiger partial charge in [-0.05, 0) is 30.4 Å². The van der Waals surface area contributed by atoms with Crippen molar-refractivity contribution in [2.45, 2.75) is 18.6 Å². The number of urea groups is 1. The molecular weight excluding hydrogens is 391 g/mol. The van der Waals surface area contributed by atoms with Crippen molar-refractivity contribution < 1.29 is 14.0 Å². The number of benzodiazepines with no additional fused rings is 1. The van der Waals surface area contributed by atoms with Gasteiger partial charge in [0.2, 0.25) is 6.17 Å². The molecule has 8 heteroatoms. The van der Waals surface area contributed by atoms with Crippen LogP contribution in [0.25, 0.3) is 0 Å². The number of aliphatic imine (C=N–C) groups is 1. The average molecular weight is 412 g/mol. The number of thioether (sulfide) groups is 1. The van der Waals surface area contributed by atoms with Crippen LogP contribution in [0.3, 0.4) is 0 Å². The predicted octanol–water partition coefficient (Wildman–Crippen LogP) is 2.77. The number of amides is 3. The van der Waals surface area contributed by atoms with Crippen molar-refractivity contribution in [3.63, 3.8) is 0 Å². The van der Waals surface area contributed by atoms with Gasteiger partial charge in [0.05, 0.1) is 11.4 Å². The van der Waals surface area contributed by atoms with E-state index in [-0.39, 0.29) is 17.5 Å². The van der Waals surface area contributed by atoms with Crippen LogP contribution in [0.1, 0.15) is 17.5 Å². The summed E-state index contributed by atoms with van der Waals surface area (Å²) in [4.78, 5) is 31.4. The van der Waals surface area contributed by atoms with Crippen molar-refractivity contribution in [2.24, 2.45) is 4.99 Å². The fourth-order valence-electron chi connectivity index (χ4n) is 3.48. The molecule has 3 amide bonds. The molecule has 150 valence electrons. The maximum Gasteiger partial charge on any atom is 0.317 e. The standard InChI is InChI=1S/C21H21FN4O2S/c1-26-17-9-5-3-7-15(17)18(14-6-2-4-8-16(14)22)24-19(20(26)27)25-21(28)23-13-10-11-29-12-13/h2-9,13,19H,10-12H2,1H3,(H2,23,25,28). The van der Waals surface area contributed by atoms with Crippen molar-refractivity contribution in [1.82, 2.24) is 10.6 Å². The molecule has 29 heavy (non-hydrogen) atoms. The molecule has 0 bridgehead atoms. The van der Waals surface area contributed by atoms with E-state index in [0.717, 1.165) is 17.9 Å². The molecule has 0 spiro atoms. The molecule has 1 saturated heterocycles. The van der Waals surface area contributed by atoms with Crippen LogP contribution in [0.5, 0.6) is 0 Å². The minimum absolute atomic E-state index is 0.0748. The summed E-state index contributed by atoms with van der Waals surface area (Å²) in [6.07, 6.45) is -0.262. The minimum Gasteiger partial charge on any atom is -0.335 e. The van der Waals surface area contributed by atoms with Crippen LogP contribution >= 0.6 is 11.8 Å². The van der Waals surface area contributed by atoms with E-state index in [4.69, 9.17) is 0 Å². The summed E-state index contributed by atoms with van der Waals surface area (Å²) in [5.74, 6) is 1.02. The number of rotatable bonds is 3. The minimum atomic E-state index is -1.16. The maximum absolute atomic E-state index is 14.6. The highest BCUT2D eigenvalue weighted by atomic mass is 32.2. The number of fused-ring (bicyclic) bond motifs is 1. The Morgan fingerprint density at radius 2 is 1.86 bits per heavy atom. The zero-order chi connectivity index (χ0) is 20.4. The van der Waals surface area contributed by atoms with Gasteiger partial charge in [-0.3, -0.25) is 4.79 Å². The first kappa shape index (κ1) is 19.4. The first-order valence-electron chi connectivity index (χ1n) is 9.39. The lowest BCUT2D eigenvalue weighted by Crippen LogP contribution is -2.51. The lowest BCUT2D eigenvalue weighted by molar-refractivity contribution is -0.119. The number of halogens is 1. The molecule has 2 aromatic rings. The first-order chi connectivity index (χ1) is 14.0. The number of benzene rings is 2. The molecule has 2 atom stereocenters. The number of carbonyl (C=O) groups is 2. The Morgan fingerprint density at radius 3 is 2.59 bits per heavy atom. The molecule has 1 fully saturated rings. The molecule has 0 radical (unpaired) electrons. The SMILES string of the molecule is CN1C(=O)C(NC(=O)NC2CCSC2)N=C(c2ccccc2F)c2ccccc21. The zero-order valence-electron chi connectivity index (χ0n) is 15.9. The summed E-state index contributed by atoms with van der Waals surface area (Å²) >= 11 is 1.78. The molecule has 2 aliphatic rings. The number of carbonyl (C=O) groups excluding carboxylic acids is 2. The van der Waals surface area contributed by atoms with Gasteiger partial charge in [0.25, 0.3) is 5.91 Å². The quantitative estimate of drug-likeness (QED) is 0.814. The lowest BCUT2D eigenvalue weighted by atomic mass is 10.00. The number of hydrogen-bond donors (Lipinski definition) is 2. The molecule has 4 rings (SSSR count). The van der Waals surface area contributed by atoms with Crippen LogP contribution in [0.4, 0.5) is 14.9 Å². The molecule has 2 N–H and O–H groups in total. The van der Waals surface area contributed by atoms with Gasteiger partial charge >= 0.3 is 6.03 Å². The highest BCUT2D eigenvalue weighted by Gasteiger charge is 2.32. The smallest absolute Gasteiger partial charge is 0.317 e. The monoisotopic (exact) mass is 412 g/mol. The van der Waals surface area contributed by atoms with E-state index >= 15 is 0 Å². The fraction of sp³-hybridized carbons (Fsp3) is 0.286. The van der Waals surface area contributed by atoms with E-state index in [2.05, 4.69) is 15.6 Å². The maximum atomic E-state index is 14.6. The van der Waals surface area contributed by atoms with Gasteiger partial charge < -0.3 is 15.5 Å². The summed E-state index contributed by atoms with van der Waals surface area (Å²) in [6, 6.07) is 13.1. The van der Waals surface area contributed by atoms with Crippen LogP contribution in [0.15, 0.2) is 53.5 Å². The Labute approximate surface area is 172 Å². The number of nitrogens with zero attached hydrogens (tertiary/aromatic N) is 2. The molecule has 2 aromatic carbocycles. The summed E-state index contributed by atoms with van der Waals surface area (Å²) in [7, 11) is 1.63.